The van der Waals surface area contributed by atoms with Crippen molar-refractivity contribution in [2.24, 2.45) is 7.05 Å². The van der Waals surface area contributed by atoms with Gasteiger partial charge in [-0.3, -0.25) is 4.79 Å². The molecule has 2 aromatic rings. The normalized spacial score (nSPS) is 13.4. The molecule has 2 N–H and O–H groups in total. The van der Waals surface area contributed by atoms with E-state index in [1.807, 2.05) is 37.5 Å². The number of amides is 1. The Balaban J connectivity index is 1.74. The van der Waals surface area contributed by atoms with Crippen LogP contribution in [0.4, 0.5) is 11.4 Å². The minimum atomic E-state index is -0.118. The molecule has 0 radical (unpaired) electrons. The van der Waals surface area contributed by atoms with Crippen LogP contribution in [0, 0.1) is 0 Å². The minimum Gasteiger partial charge on any atom is -0.482 e. The molecule has 0 spiro atoms. The Labute approximate surface area is 111 Å². The van der Waals surface area contributed by atoms with E-state index in [1.165, 1.54) is 5.69 Å². The summed E-state index contributed by atoms with van der Waals surface area (Å²) in [7, 11) is 2.01. The Morgan fingerprint density at radius 2 is 2.32 bits per heavy atom. The Hall–Kier alpha value is -2.43. The van der Waals surface area contributed by atoms with Gasteiger partial charge in [-0.15, -0.1) is 0 Å². The summed E-state index contributed by atoms with van der Waals surface area (Å²) in [5, 5.41) is 6.12. The zero-order valence-corrected chi connectivity index (χ0v) is 10.6. The van der Waals surface area contributed by atoms with Crippen LogP contribution in [0.5, 0.6) is 5.75 Å². The monoisotopic (exact) mass is 257 g/mol. The van der Waals surface area contributed by atoms with E-state index in [2.05, 4.69) is 21.3 Å². The van der Waals surface area contributed by atoms with Gasteiger partial charge in [0.15, 0.2) is 6.61 Å². The first-order chi connectivity index (χ1) is 9.22. The molecule has 0 saturated carbocycles. The quantitative estimate of drug-likeness (QED) is 0.884. The maximum atomic E-state index is 11.3. The molecule has 0 aliphatic carbocycles. The zero-order valence-electron chi connectivity index (χ0n) is 10.6. The van der Waals surface area contributed by atoms with Gasteiger partial charge in [-0.25, -0.2) is 0 Å². The summed E-state index contributed by atoms with van der Waals surface area (Å²) >= 11 is 0. The van der Waals surface area contributed by atoms with Crippen LogP contribution in [0.15, 0.2) is 36.5 Å². The fraction of sp³-hybridized carbons (Fsp3) is 0.214. The predicted octanol–water partition coefficient (Wildman–Crippen LogP) is 1.97. The lowest BCUT2D eigenvalue weighted by atomic mass is 10.2. The molecule has 1 aliphatic heterocycles. The highest BCUT2D eigenvalue weighted by Gasteiger charge is 2.15. The molecule has 5 nitrogen and oxygen atoms in total. The van der Waals surface area contributed by atoms with E-state index in [0.29, 0.717) is 11.4 Å². The lowest BCUT2D eigenvalue weighted by Gasteiger charge is -2.19. The highest BCUT2D eigenvalue weighted by molar-refractivity contribution is 5.95. The molecular formula is C14H15N3O2. The van der Waals surface area contributed by atoms with Gasteiger partial charge in [0.25, 0.3) is 5.91 Å². The van der Waals surface area contributed by atoms with E-state index in [0.717, 1.165) is 12.2 Å². The third kappa shape index (κ3) is 2.40. The van der Waals surface area contributed by atoms with Gasteiger partial charge < -0.3 is 19.9 Å². The molecule has 1 amide bonds. The molecule has 98 valence electrons. The van der Waals surface area contributed by atoms with E-state index < -0.39 is 0 Å². The van der Waals surface area contributed by atoms with Crippen LogP contribution in [0.1, 0.15) is 5.69 Å². The average Bonchev–Trinajstić information content (AvgIpc) is 2.81. The second-order valence-electron chi connectivity index (χ2n) is 4.51. The number of anilines is 2. The number of nitrogens with one attached hydrogen (secondary N) is 2. The molecule has 0 bridgehead atoms. The first kappa shape index (κ1) is 11.6. The van der Waals surface area contributed by atoms with Crippen molar-refractivity contribution < 1.29 is 9.53 Å². The van der Waals surface area contributed by atoms with E-state index in [9.17, 15) is 4.79 Å². The number of ether oxygens (including phenoxy) is 1. The lowest BCUT2D eigenvalue weighted by Crippen LogP contribution is -2.25. The first-order valence-corrected chi connectivity index (χ1v) is 6.13. The maximum Gasteiger partial charge on any atom is 0.262 e. The fourth-order valence-electron chi connectivity index (χ4n) is 2.07. The van der Waals surface area contributed by atoms with Gasteiger partial charge >= 0.3 is 0 Å². The van der Waals surface area contributed by atoms with E-state index in [4.69, 9.17) is 4.74 Å². The molecule has 5 heteroatoms. The fourth-order valence-corrected chi connectivity index (χ4v) is 2.07. The number of aromatic nitrogens is 1. The minimum absolute atomic E-state index is 0.0864. The highest BCUT2D eigenvalue weighted by atomic mass is 16.5. The Morgan fingerprint density at radius 1 is 1.42 bits per heavy atom. The summed E-state index contributed by atoms with van der Waals surface area (Å²) in [6.45, 7) is 0.820. The van der Waals surface area contributed by atoms with Crippen LogP contribution in [-0.4, -0.2) is 17.1 Å². The molecule has 0 atom stereocenters. The summed E-state index contributed by atoms with van der Waals surface area (Å²) in [5.41, 5.74) is 2.86. The van der Waals surface area contributed by atoms with Gasteiger partial charge in [0.2, 0.25) is 0 Å². The SMILES string of the molecule is Cn1cccc1CNc1ccc2c(c1)NC(=O)CO2. The highest BCUT2D eigenvalue weighted by Crippen LogP contribution is 2.30. The van der Waals surface area contributed by atoms with Gasteiger partial charge in [-0.1, -0.05) is 0 Å². The Bertz CT molecular complexity index is 619. The van der Waals surface area contributed by atoms with E-state index in [-0.39, 0.29) is 12.5 Å². The molecule has 1 aliphatic rings. The van der Waals surface area contributed by atoms with Crippen LogP contribution in [0.2, 0.25) is 0 Å². The topological polar surface area (TPSA) is 55.3 Å². The number of rotatable bonds is 3. The molecule has 3 rings (SSSR count). The molecular weight excluding hydrogens is 242 g/mol. The van der Waals surface area contributed by atoms with Crippen molar-refractivity contribution in [3.05, 3.63) is 42.2 Å². The molecule has 1 aromatic heterocycles. The Kier molecular flexibility index (Phi) is 2.87. The van der Waals surface area contributed by atoms with Crippen LogP contribution < -0.4 is 15.4 Å². The maximum absolute atomic E-state index is 11.3. The summed E-state index contributed by atoms with van der Waals surface area (Å²) < 4.78 is 7.38. The van der Waals surface area contributed by atoms with E-state index >= 15 is 0 Å². The van der Waals surface area contributed by atoms with Gasteiger partial charge in [-0.2, -0.15) is 0 Å². The second-order valence-corrected chi connectivity index (χ2v) is 4.51. The third-order valence-electron chi connectivity index (χ3n) is 3.14. The third-order valence-corrected chi connectivity index (χ3v) is 3.14. The van der Waals surface area contributed by atoms with Crippen molar-refractivity contribution in [3.8, 4) is 5.75 Å². The first-order valence-electron chi connectivity index (χ1n) is 6.13. The van der Waals surface area contributed by atoms with Crippen molar-refractivity contribution in [2.45, 2.75) is 6.54 Å². The van der Waals surface area contributed by atoms with Gasteiger partial charge in [-0.05, 0) is 30.3 Å². The van der Waals surface area contributed by atoms with Crippen LogP contribution in [0.3, 0.4) is 0 Å². The van der Waals surface area contributed by atoms with Crippen molar-refractivity contribution in [1.82, 2.24) is 4.57 Å². The molecule has 19 heavy (non-hydrogen) atoms. The zero-order chi connectivity index (χ0) is 13.2. The van der Waals surface area contributed by atoms with Gasteiger partial charge in [0.1, 0.15) is 5.75 Å². The number of benzene rings is 1. The van der Waals surface area contributed by atoms with Gasteiger partial charge in [0, 0.05) is 24.6 Å². The average molecular weight is 257 g/mol. The molecule has 2 heterocycles. The van der Waals surface area contributed by atoms with Crippen molar-refractivity contribution in [3.63, 3.8) is 0 Å². The van der Waals surface area contributed by atoms with Crippen molar-refractivity contribution in [1.29, 1.82) is 0 Å². The van der Waals surface area contributed by atoms with E-state index in [1.54, 1.807) is 0 Å². The number of carbonyl (C=O) groups is 1. The number of carbonyl (C=O) groups excluding carboxylic acids is 1. The van der Waals surface area contributed by atoms with Crippen LogP contribution in [0.25, 0.3) is 0 Å². The number of fused-ring (bicyclic) bond motifs is 1. The van der Waals surface area contributed by atoms with Gasteiger partial charge in [0.05, 0.1) is 12.2 Å². The number of aryl methyl sites for hydroxylation is 1. The van der Waals surface area contributed by atoms with Crippen molar-refractivity contribution >= 4 is 17.3 Å². The molecule has 0 fully saturated rings. The summed E-state index contributed by atoms with van der Waals surface area (Å²) in [6, 6.07) is 9.77. The standard InChI is InChI=1S/C14H15N3O2/c1-17-6-2-3-11(17)8-15-10-4-5-13-12(7-10)16-14(18)9-19-13/h2-7,15H,8-9H2,1H3,(H,16,18). The smallest absolute Gasteiger partial charge is 0.262 e. The summed E-state index contributed by atoms with van der Waals surface area (Å²) in [4.78, 5) is 11.3. The summed E-state index contributed by atoms with van der Waals surface area (Å²) in [6.07, 6.45) is 2.01. The largest absolute Gasteiger partial charge is 0.482 e. The van der Waals surface area contributed by atoms with Crippen LogP contribution >= 0.6 is 0 Å². The van der Waals surface area contributed by atoms with Crippen LogP contribution in [-0.2, 0) is 18.4 Å². The number of nitrogens with zero attached hydrogens (tertiary/aromatic N) is 1. The molecule has 0 unspecified atom stereocenters. The number of hydrogen-bond acceptors (Lipinski definition) is 3. The lowest BCUT2D eigenvalue weighted by molar-refractivity contribution is -0.118. The molecule has 1 aromatic carbocycles. The second kappa shape index (κ2) is 4.68. The Morgan fingerprint density at radius 3 is 3.11 bits per heavy atom. The molecule has 0 saturated heterocycles. The van der Waals surface area contributed by atoms with Crippen molar-refractivity contribution in [2.75, 3.05) is 17.2 Å². The predicted molar refractivity (Wildman–Crippen MR) is 73.3 cm³/mol. The number of hydrogen-bond donors (Lipinski definition) is 2. The summed E-state index contributed by atoms with van der Waals surface area (Å²) in [5.74, 6) is 0.594.